The van der Waals surface area contributed by atoms with Crippen LogP contribution in [0.2, 0.25) is 0 Å². The van der Waals surface area contributed by atoms with Crippen LogP contribution in [0.5, 0.6) is 11.5 Å². The van der Waals surface area contributed by atoms with Crippen LogP contribution in [0, 0.1) is 0 Å². The van der Waals surface area contributed by atoms with Crippen molar-refractivity contribution in [2.24, 2.45) is 7.05 Å². The predicted octanol–water partition coefficient (Wildman–Crippen LogP) is 1.27. The van der Waals surface area contributed by atoms with Crippen LogP contribution in [0.4, 0.5) is 11.5 Å². The van der Waals surface area contributed by atoms with E-state index in [-0.39, 0.29) is 0 Å². The van der Waals surface area contributed by atoms with Crippen LogP contribution in [0.25, 0.3) is 11.3 Å². The van der Waals surface area contributed by atoms with Crippen LogP contribution in [0.3, 0.4) is 0 Å². The molecule has 0 aliphatic rings. The molecule has 0 bridgehead atoms. The van der Waals surface area contributed by atoms with E-state index in [0.717, 1.165) is 11.3 Å². The van der Waals surface area contributed by atoms with E-state index >= 15 is 0 Å². The highest BCUT2D eigenvalue weighted by molar-refractivity contribution is 5.74. The molecule has 0 fully saturated rings. The first-order chi connectivity index (χ1) is 8.56. The summed E-state index contributed by atoms with van der Waals surface area (Å²) in [5.74, 6) is 1.68. The van der Waals surface area contributed by atoms with E-state index in [2.05, 4.69) is 5.10 Å². The van der Waals surface area contributed by atoms with Gasteiger partial charge < -0.3 is 20.9 Å². The van der Waals surface area contributed by atoms with Gasteiger partial charge in [0.05, 0.1) is 19.9 Å². The molecule has 0 unspecified atom stereocenters. The lowest BCUT2D eigenvalue weighted by Gasteiger charge is -2.11. The van der Waals surface area contributed by atoms with E-state index in [9.17, 15) is 0 Å². The van der Waals surface area contributed by atoms with E-state index in [1.54, 1.807) is 44.1 Å². The van der Waals surface area contributed by atoms with Crippen LogP contribution in [-0.4, -0.2) is 24.0 Å². The lowest BCUT2D eigenvalue weighted by atomic mass is 10.1. The quantitative estimate of drug-likeness (QED) is 0.798. The molecule has 6 nitrogen and oxygen atoms in total. The van der Waals surface area contributed by atoms with Crippen molar-refractivity contribution in [3.8, 4) is 22.8 Å². The SMILES string of the molecule is COc1cc(-c2cc(N)n(C)n2)cc(OC)c1N. The van der Waals surface area contributed by atoms with E-state index in [1.165, 1.54) is 0 Å². The fraction of sp³-hybridized carbons (Fsp3) is 0.250. The molecule has 1 aromatic heterocycles. The number of ether oxygens (including phenoxy) is 2. The Kier molecular flexibility index (Phi) is 3.01. The van der Waals surface area contributed by atoms with Crippen molar-refractivity contribution in [2.45, 2.75) is 0 Å². The molecule has 1 heterocycles. The first kappa shape index (κ1) is 12.1. The molecule has 0 amide bonds. The predicted molar refractivity (Wildman–Crippen MR) is 70.6 cm³/mol. The molecule has 96 valence electrons. The number of aryl methyl sites for hydroxylation is 1. The molecule has 2 aromatic rings. The van der Waals surface area contributed by atoms with E-state index in [4.69, 9.17) is 20.9 Å². The smallest absolute Gasteiger partial charge is 0.146 e. The third-order valence-electron chi connectivity index (χ3n) is 2.76. The molecule has 1 aromatic carbocycles. The van der Waals surface area contributed by atoms with Crippen LogP contribution < -0.4 is 20.9 Å². The zero-order chi connectivity index (χ0) is 13.3. The molecule has 6 heteroatoms. The summed E-state index contributed by atoms with van der Waals surface area (Å²) >= 11 is 0. The highest BCUT2D eigenvalue weighted by Gasteiger charge is 2.12. The Hall–Kier alpha value is -2.37. The summed E-state index contributed by atoms with van der Waals surface area (Å²) in [6, 6.07) is 5.39. The summed E-state index contributed by atoms with van der Waals surface area (Å²) < 4.78 is 12.0. The Morgan fingerprint density at radius 3 is 2.00 bits per heavy atom. The second-order valence-electron chi connectivity index (χ2n) is 3.87. The largest absolute Gasteiger partial charge is 0.494 e. The fourth-order valence-corrected chi connectivity index (χ4v) is 1.71. The molecule has 0 atom stereocenters. The van der Waals surface area contributed by atoms with Crippen LogP contribution in [-0.2, 0) is 7.05 Å². The summed E-state index contributed by atoms with van der Waals surface area (Å²) in [4.78, 5) is 0. The minimum atomic E-state index is 0.465. The van der Waals surface area contributed by atoms with E-state index in [0.29, 0.717) is 23.0 Å². The molecule has 0 saturated carbocycles. The second-order valence-corrected chi connectivity index (χ2v) is 3.87. The van der Waals surface area contributed by atoms with Crippen LogP contribution in [0.15, 0.2) is 18.2 Å². The highest BCUT2D eigenvalue weighted by atomic mass is 16.5. The molecular formula is C12H16N4O2. The van der Waals surface area contributed by atoms with Gasteiger partial charge in [0.2, 0.25) is 0 Å². The molecule has 0 saturated heterocycles. The minimum absolute atomic E-state index is 0.465. The zero-order valence-electron chi connectivity index (χ0n) is 10.6. The Bertz CT molecular complexity index is 533. The highest BCUT2D eigenvalue weighted by Crippen LogP contribution is 2.36. The molecule has 2 rings (SSSR count). The number of nitrogen functional groups attached to an aromatic ring is 2. The summed E-state index contributed by atoms with van der Waals surface area (Å²) in [7, 11) is 4.90. The molecule has 0 aliphatic heterocycles. The number of hydrogen-bond acceptors (Lipinski definition) is 5. The normalized spacial score (nSPS) is 10.4. The van der Waals surface area contributed by atoms with Crippen molar-refractivity contribution >= 4 is 11.5 Å². The molecule has 0 aliphatic carbocycles. The van der Waals surface area contributed by atoms with Gasteiger partial charge in [-0.25, -0.2) is 0 Å². The third-order valence-corrected chi connectivity index (χ3v) is 2.76. The first-order valence-corrected chi connectivity index (χ1v) is 5.38. The maximum absolute atomic E-state index is 5.89. The van der Waals surface area contributed by atoms with Gasteiger partial charge in [-0.1, -0.05) is 0 Å². The number of methoxy groups -OCH3 is 2. The van der Waals surface area contributed by atoms with E-state index < -0.39 is 0 Å². The second kappa shape index (κ2) is 4.48. The first-order valence-electron chi connectivity index (χ1n) is 5.38. The monoisotopic (exact) mass is 248 g/mol. The maximum Gasteiger partial charge on any atom is 0.146 e. The molecule has 0 spiro atoms. The van der Waals surface area contributed by atoms with Gasteiger partial charge in [0.25, 0.3) is 0 Å². The fourth-order valence-electron chi connectivity index (χ4n) is 1.71. The zero-order valence-corrected chi connectivity index (χ0v) is 10.6. The Morgan fingerprint density at radius 2 is 1.61 bits per heavy atom. The summed E-state index contributed by atoms with van der Waals surface area (Å²) in [5.41, 5.74) is 13.7. The Morgan fingerprint density at radius 1 is 1.06 bits per heavy atom. The number of nitrogens with two attached hydrogens (primary N) is 2. The van der Waals surface area contributed by atoms with Crippen LogP contribution in [0.1, 0.15) is 0 Å². The molecule has 4 N–H and O–H groups in total. The Balaban J connectivity index is 2.57. The van der Waals surface area contributed by atoms with Gasteiger partial charge in [-0.15, -0.1) is 0 Å². The number of aromatic nitrogens is 2. The van der Waals surface area contributed by atoms with Gasteiger partial charge in [-0.05, 0) is 12.1 Å². The number of anilines is 2. The maximum atomic E-state index is 5.89. The average Bonchev–Trinajstić information content (AvgIpc) is 2.70. The third kappa shape index (κ3) is 1.92. The molecule has 18 heavy (non-hydrogen) atoms. The Labute approximate surface area is 105 Å². The topological polar surface area (TPSA) is 88.3 Å². The molecule has 0 radical (unpaired) electrons. The van der Waals surface area contributed by atoms with Gasteiger partial charge in [0.1, 0.15) is 23.0 Å². The van der Waals surface area contributed by atoms with Crippen molar-refractivity contribution in [1.29, 1.82) is 0 Å². The van der Waals surface area contributed by atoms with Crippen molar-refractivity contribution in [2.75, 3.05) is 25.7 Å². The van der Waals surface area contributed by atoms with E-state index in [1.807, 2.05) is 0 Å². The number of nitrogens with zero attached hydrogens (tertiary/aromatic N) is 2. The standard InChI is InChI=1S/C12H16N4O2/c1-16-11(13)6-8(15-16)7-4-9(17-2)12(14)10(5-7)18-3/h4-6H,13-14H2,1-3H3. The van der Waals surface area contributed by atoms with Crippen LogP contribution >= 0.6 is 0 Å². The summed E-state index contributed by atoms with van der Waals surface area (Å²) in [5, 5.41) is 4.30. The van der Waals surface area contributed by atoms with Gasteiger partial charge in [0, 0.05) is 18.7 Å². The van der Waals surface area contributed by atoms with Gasteiger partial charge in [-0.2, -0.15) is 5.10 Å². The lowest BCUT2D eigenvalue weighted by molar-refractivity contribution is 0.398. The summed E-state index contributed by atoms with van der Waals surface area (Å²) in [6.07, 6.45) is 0. The van der Waals surface area contributed by atoms with Crippen molar-refractivity contribution in [3.63, 3.8) is 0 Å². The van der Waals surface area contributed by atoms with Crippen molar-refractivity contribution in [1.82, 2.24) is 9.78 Å². The van der Waals surface area contributed by atoms with Gasteiger partial charge in [0.15, 0.2) is 0 Å². The average molecular weight is 248 g/mol. The summed E-state index contributed by atoms with van der Waals surface area (Å²) in [6.45, 7) is 0. The number of hydrogen-bond donors (Lipinski definition) is 2. The number of rotatable bonds is 3. The van der Waals surface area contributed by atoms with Crippen molar-refractivity contribution < 1.29 is 9.47 Å². The van der Waals surface area contributed by atoms with Crippen molar-refractivity contribution in [3.05, 3.63) is 18.2 Å². The van der Waals surface area contributed by atoms with Gasteiger partial charge >= 0.3 is 0 Å². The minimum Gasteiger partial charge on any atom is -0.494 e. The molecular weight excluding hydrogens is 232 g/mol. The lowest BCUT2D eigenvalue weighted by Crippen LogP contribution is -1.98. The number of benzene rings is 1. The van der Waals surface area contributed by atoms with Gasteiger partial charge in [-0.3, -0.25) is 4.68 Å².